The van der Waals surface area contributed by atoms with Gasteiger partial charge in [0.2, 0.25) is 5.91 Å². The van der Waals surface area contributed by atoms with Crippen LogP contribution in [0.4, 0.5) is 24.8 Å². The maximum atomic E-state index is 13.1. The van der Waals surface area contributed by atoms with Gasteiger partial charge in [0.1, 0.15) is 11.6 Å². The topological polar surface area (TPSA) is 108 Å². The number of aromatic nitrogens is 4. The molecule has 196 valence electrons. The van der Waals surface area contributed by atoms with E-state index < -0.39 is 18.0 Å². The molecule has 3 saturated carbocycles. The van der Waals surface area contributed by atoms with Crippen LogP contribution >= 0.6 is 0 Å². The van der Waals surface area contributed by atoms with E-state index in [-0.39, 0.29) is 30.8 Å². The van der Waals surface area contributed by atoms with Crippen molar-refractivity contribution in [3.8, 4) is 0 Å². The molecule has 4 N–H and O–H groups in total. The van der Waals surface area contributed by atoms with E-state index >= 15 is 0 Å². The zero-order valence-electron chi connectivity index (χ0n) is 20.3. The van der Waals surface area contributed by atoms with E-state index in [1.165, 1.54) is 12.8 Å². The smallest absolute Gasteiger partial charge is 0.353 e. The molecule has 36 heavy (non-hydrogen) atoms. The molecule has 2 aromatic heterocycles. The second-order valence-electron chi connectivity index (χ2n) is 10.5. The Labute approximate surface area is 208 Å². The number of nitrogens with one attached hydrogen (secondary N) is 4. The van der Waals surface area contributed by atoms with E-state index in [4.69, 9.17) is 0 Å². The number of amides is 1. The molecule has 0 radical (unpaired) electrons. The van der Waals surface area contributed by atoms with Crippen molar-refractivity contribution in [2.45, 2.75) is 94.9 Å². The number of halogens is 3. The minimum Gasteiger partial charge on any atom is -0.353 e. The number of aromatic amines is 1. The van der Waals surface area contributed by atoms with Gasteiger partial charge in [0.15, 0.2) is 5.82 Å². The summed E-state index contributed by atoms with van der Waals surface area (Å²) in [6, 6.07) is 4.15. The van der Waals surface area contributed by atoms with Gasteiger partial charge < -0.3 is 16.0 Å². The average molecular weight is 506 g/mol. The maximum Gasteiger partial charge on any atom is 0.391 e. The normalized spacial score (nSPS) is 27.0. The van der Waals surface area contributed by atoms with Gasteiger partial charge in [-0.05, 0) is 63.9 Å². The van der Waals surface area contributed by atoms with Crippen molar-refractivity contribution in [3.63, 3.8) is 0 Å². The summed E-state index contributed by atoms with van der Waals surface area (Å²) in [4.78, 5) is 21.5. The van der Waals surface area contributed by atoms with Gasteiger partial charge in [-0.15, -0.1) is 0 Å². The number of rotatable bonds is 8. The van der Waals surface area contributed by atoms with E-state index in [1.807, 2.05) is 12.1 Å². The fourth-order valence-corrected chi connectivity index (χ4v) is 5.41. The molecule has 2 atom stereocenters. The van der Waals surface area contributed by atoms with Crippen LogP contribution in [0, 0.1) is 11.8 Å². The molecule has 2 aromatic rings. The standard InChI is InChI=1S/C25H34F3N7O/c26-25(27,28)17-3-1-2-16(12-17)24(36)31-19-8-6-18(7-9-19)30-14-23-29-11-10-21(33-23)32-22-13-20(34-35-22)15-4-5-15/h10-11,13,15-19,30H,1-9,12,14H2,(H,31,36)(H2,29,32,33,34,35)/t16-,17-,18?,19?/m1/s1. The third kappa shape index (κ3) is 6.54. The first kappa shape index (κ1) is 25.0. The minimum atomic E-state index is -4.21. The number of anilines is 2. The van der Waals surface area contributed by atoms with Crippen molar-refractivity contribution < 1.29 is 18.0 Å². The lowest BCUT2D eigenvalue weighted by atomic mass is 9.80. The highest BCUT2D eigenvalue weighted by atomic mass is 19.4. The third-order valence-electron chi connectivity index (χ3n) is 7.71. The van der Waals surface area contributed by atoms with Crippen molar-refractivity contribution in [1.29, 1.82) is 0 Å². The third-order valence-corrected chi connectivity index (χ3v) is 7.71. The van der Waals surface area contributed by atoms with Crippen molar-refractivity contribution in [2.75, 3.05) is 5.32 Å². The van der Waals surface area contributed by atoms with Crippen LogP contribution in [-0.2, 0) is 11.3 Å². The molecule has 2 heterocycles. The summed E-state index contributed by atoms with van der Waals surface area (Å²) in [5, 5.41) is 17.1. The van der Waals surface area contributed by atoms with Crippen LogP contribution < -0.4 is 16.0 Å². The van der Waals surface area contributed by atoms with Gasteiger partial charge in [0.05, 0.1) is 12.5 Å². The largest absolute Gasteiger partial charge is 0.391 e. The van der Waals surface area contributed by atoms with Gasteiger partial charge in [-0.1, -0.05) is 6.42 Å². The maximum absolute atomic E-state index is 13.1. The zero-order valence-corrected chi connectivity index (χ0v) is 20.3. The highest BCUT2D eigenvalue weighted by Crippen LogP contribution is 2.40. The molecule has 3 aliphatic carbocycles. The van der Waals surface area contributed by atoms with Crippen LogP contribution in [0.5, 0.6) is 0 Å². The number of hydrogen-bond donors (Lipinski definition) is 4. The fourth-order valence-electron chi connectivity index (χ4n) is 5.41. The van der Waals surface area contributed by atoms with E-state index in [9.17, 15) is 18.0 Å². The fraction of sp³-hybridized carbons (Fsp3) is 0.680. The van der Waals surface area contributed by atoms with E-state index in [2.05, 4.69) is 36.1 Å². The number of carbonyl (C=O) groups excluding carboxylic acids is 1. The monoisotopic (exact) mass is 505 g/mol. The van der Waals surface area contributed by atoms with Crippen LogP contribution in [-0.4, -0.2) is 44.3 Å². The molecule has 8 nitrogen and oxygen atoms in total. The predicted octanol–water partition coefficient (Wildman–Crippen LogP) is 4.71. The summed E-state index contributed by atoms with van der Waals surface area (Å²) in [5.74, 6) is 0.646. The Morgan fingerprint density at radius 2 is 1.81 bits per heavy atom. The summed E-state index contributed by atoms with van der Waals surface area (Å²) in [7, 11) is 0. The number of hydrogen-bond acceptors (Lipinski definition) is 6. The summed E-state index contributed by atoms with van der Waals surface area (Å²) >= 11 is 0. The summed E-state index contributed by atoms with van der Waals surface area (Å²) in [6.45, 7) is 0.534. The van der Waals surface area contributed by atoms with Gasteiger partial charge in [-0.25, -0.2) is 9.97 Å². The van der Waals surface area contributed by atoms with E-state index in [1.54, 1.807) is 6.20 Å². The Morgan fingerprint density at radius 1 is 1.03 bits per heavy atom. The number of nitrogens with zero attached hydrogens (tertiary/aromatic N) is 3. The molecule has 11 heteroatoms. The molecule has 0 spiro atoms. The molecule has 0 bridgehead atoms. The molecular formula is C25H34F3N7O. The van der Waals surface area contributed by atoms with Crippen molar-refractivity contribution >= 4 is 17.5 Å². The SMILES string of the molecule is O=C(NC1CCC(NCc2nccc(Nc3cc(C4CC4)[nH]n3)n2)CC1)[C@@H]1CCC[C@@H](C(F)(F)F)C1. The molecule has 0 aromatic carbocycles. The Bertz CT molecular complexity index is 1030. The Balaban J connectivity index is 1.04. The molecule has 5 rings (SSSR count). The Kier molecular flexibility index (Phi) is 7.45. The molecule has 0 saturated heterocycles. The van der Waals surface area contributed by atoms with Gasteiger partial charge in [0.25, 0.3) is 0 Å². The van der Waals surface area contributed by atoms with E-state index in [0.717, 1.165) is 37.2 Å². The van der Waals surface area contributed by atoms with E-state index in [0.29, 0.717) is 36.9 Å². The highest BCUT2D eigenvalue weighted by Gasteiger charge is 2.43. The van der Waals surface area contributed by atoms with Crippen LogP contribution in [0.15, 0.2) is 18.3 Å². The van der Waals surface area contributed by atoms with Crippen molar-refractivity contribution in [2.24, 2.45) is 11.8 Å². The van der Waals surface area contributed by atoms with Crippen molar-refractivity contribution in [3.05, 3.63) is 29.8 Å². The second kappa shape index (κ2) is 10.7. The highest BCUT2D eigenvalue weighted by molar-refractivity contribution is 5.79. The van der Waals surface area contributed by atoms with Gasteiger partial charge in [-0.2, -0.15) is 18.3 Å². The van der Waals surface area contributed by atoms with Gasteiger partial charge in [-0.3, -0.25) is 9.89 Å². The van der Waals surface area contributed by atoms with Gasteiger partial charge in [0, 0.05) is 41.9 Å². The zero-order chi connectivity index (χ0) is 25.1. The predicted molar refractivity (Wildman–Crippen MR) is 128 cm³/mol. The number of H-pyrrole nitrogens is 1. The van der Waals surface area contributed by atoms with Crippen LogP contribution in [0.1, 0.15) is 81.6 Å². The summed E-state index contributed by atoms with van der Waals surface area (Å²) in [5.41, 5.74) is 1.16. The lowest BCUT2D eigenvalue weighted by Gasteiger charge is -2.33. The van der Waals surface area contributed by atoms with Gasteiger partial charge >= 0.3 is 6.18 Å². The second-order valence-corrected chi connectivity index (χ2v) is 10.5. The molecule has 0 unspecified atom stereocenters. The molecular weight excluding hydrogens is 471 g/mol. The summed E-state index contributed by atoms with van der Waals surface area (Å²) in [6.07, 6.45) is 4.39. The lowest BCUT2D eigenvalue weighted by molar-refractivity contribution is -0.186. The number of carbonyl (C=O) groups is 1. The minimum absolute atomic E-state index is 0.0278. The Morgan fingerprint density at radius 3 is 2.56 bits per heavy atom. The average Bonchev–Trinajstić information content (AvgIpc) is 3.62. The quantitative estimate of drug-likeness (QED) is 0.414. The lowest BCUT2D eigenvalue weighted by Crippen LogP contribution is -2.45. The van der Waals surface area contributed by atoms with Crippen LogP contribution in [0.25, 0.3) is 0 Å². The van der Waals surface area contributed by atoms with Crippen LogP contribution in [0.3, 0.4) is 0 Å². The first-order valence-corrected chi connectivity index (χ1v) is 13.1. The summed E-state index contributed by atoms with van der Waals surface area (Å²) < 4.78 is 39.2. The molecule has 1 amide bonds. The molecule has 0 aliphatic heterocycles. The first-order valence-electron chi connectivity index (χ1n) is 13.1. The number of alkyl halides is 3. The molecule has 3 aliphatic rings. The van der Waals surface area contributed by atoms with Crippen LogP contribution in [0.2, 0.25) is 0 Å². The van der Waals surface area contributed by atoms with Crippen molar-refractivity contribution in [1.82, 2.24) is 30.8 Å². The molecule has 3 fully saturated rings. The first-order chi connectivity index (χ1) is 17.3. The Hall–Kier alpha value is -2.69.